The van der Waals surface area contributed by atoms with Crippen molar-refractivity contribution < 1.29 is 4.42 Å². The Bertz CT molecular complexity index is 237. The van der Waals surface area contributed by atoms with Gasteiger partial charge in [0.15, 0.2) is 0 Å². The summed E-state index contributed by atoms with van der Waals surface area (Å²) >= 11 is 1.69. The molecule has 0 aromatic carbocycles. The first-order valence-corrected chi connectivity index (χ1v) is 5.51. The predicted molar refractivity (Wildman–Crippen MR) is 55.1 cm³/mol. The van der Waals surface area contributed by atoms with E-state index in [9.17, 15) is 0 Å². The lowest BCUT2D eigenvalue weighted by atomic mass is 10.3. The number of thioether (sulfide) groups is 1. The lowest BCUT2D eigenvalue weighted by Gasteiger charge is -1.97. The van der Waals surface area contributed by atoms with Crippen molar-refractivity contribution in [2.45, 2.75) is 25.0 Å². The van der Waals surface area contributed by atoms with E-state index in [2.05, 4.69) is 10.3 Å². The highest BCUT2D eigenvalue weighted by atomic mass is 32.2. The fourth-order valence-corrected chi connectivity index (χ4v) is 1.81. The van der Waals surface area contributed by atoms with Crippen LogP contribution in [0.25, 0.3) is 0 Å². The van der Waals surface area contributed by atoms with Crippen molar-refractivity contribution in [2.75, 3.05) is 19.3 Å². The van der Waals surface area contributed by atoms with Crippen molar-refractivity contribution in [1.82, 2.24) is 10.3 Å². The van der Waals surface area contributed by atoms with Crippen LogP contribution < -0.4 is 5.32 Å². The quantitative estimate of drug-likeness (QED) is 0.563. The highest BCUT2D eigenvalue weighted by molar-refractivity contribution is 7.99. The van der Waals surface area contributed by atoms with Crippen LogP contribution >= 0.6 is 11.8 Å². The predicted octanol–water partition coefficient (Wildman–Crippen LogP) is 2.07. The Morgan fingerprint density at radius 3 is 3.00 bits per heavy atom. The van der Waals surface area contributed by atoms with Gasteiger partial charge in [-0.25, -0.2) is 4.98 Å². The number of unbranched alkanes of at least 4 members (excludes halogenated alkanes) is 1. The van der Waals surface area contributed by atoms with Gasteiger partial charge in [0.1, 0.15) is 6.26 Å². The Kier molecular flexibility index (Phi) is 4.93. The standard InChI is InChI=1S/C9H16N2OS/c1-8-7-12-9(11-8)13-6-4-3-5-10-2/h7,10H,3-6H2,1-2H3. The largest absolute Gasteiger partial charge is 0.440 e. The third-order valence-electron chi connectivity index (χ3n) is 1.64. The summed E-state index contributed by atoms with van der Waals surface area (Å²) in [6, 6.07) is 0. The molecule has 0 fully saturated rings. The number of rotatable bonds is 6. The summed E-state index contributed by atoms with van der Waals surface area (Å²) in [4.78, 5) is 4.21. The minimum atomic E-state index is 0.793. The Balaban J connectivity index is 2.06. The van der Waals surface area contributed by atoms with E-state index in [1.54, 1.807) is 18.0 Å². The molecule has 0 aliphatic heterocycles. The minimum Gasteiger partial charge on any atom is -0.440 e. The van der Waals surface area contributed by atoms with E-state index < -0.39 is 0 Å². The molecule has 1 rings (SSSR count). The second-order valence-electron chi connectivity index (χ2n) is 2.91. The third-order valence-corrected chi connectivity index (χ3v) is 2.57. The maximum atomic E-state index is 5.21. The Labute approximate surface area is 83.3 Å². The zero-order valence-electron chi connectivity index (χ0n) is 8.17. The van der Waals surface area contributed by atoms with Crippen LogP contribution in [0.2, 0.25) is 0 Å². The van der Waals surface area contributed by atoms with Crippen LogP contribution in [0.5, 0.6) is 0 Å². The average Bonchev–Trinajstić information content (AvgIpc) is 2.51. The third kappa shape index (κ3) is 4.33. The summed E-state index contributed by atoms with van der Waals surface area (Å²) in [5.74, 6) is 1.08. The first kappa shape index (κ1) is 10.6. The topological polar surface area (TPSA) is 38.1 Å². The summed E-state index contributed by atoms with van der Waals surface area (Å²) in [6.45, 7) is 3.03. The molecule has 4 heteroatoms. The summed E-state index contributed by atoms with van der Waals surface area (Å²) in [7, 11) is 1.98. The van der Waals surface area contributed by atoms with Crippen LogP contribution in [-0.4, -0.2) is 24.3 Å². The summed E-state index contributed by atoms with van der Waals surface area (Å²) in [6.07, 6.45) is 4.10. The fourth-order valence-electron chi connectivity index (χ4n) is 0.962. The smallest absolute Gasteiger partial charge is 0.255 e. The van der Waals surface area contributed by atoms with Gasteiger partial charge < -0.3 is 9.73 Å². The first-order valence-electron chi connectivity index (χ1n) is 4.52. The fraction of sp³-hybridized carbons (Fsp3) is 0.667. The van der Waals surface area contributed by atoms with Crippen molar-refractivity contribution in [3.8, 4) is 0 Å². The van der Waals surface area contributed by atoms with Gasteiger partial charge in [0.25, 0.3) is 5.22 Å². The van der Waals surface area contributed by atoms with E-state index in [0.29, 0.717) is 0 Å². The van der Waals surface area contributed by atoms with E-state index in [1.165, 1.54) is 12.8 Å². The molecule has 1 aromatic heterocycles. The van der Waals surface area contributed by atoms with Crippen LogP contribution in [-0.2, 0) is 0 Å². The van der Waals surface area contributed by atoms with Gasteiger partial charge >= 0.3 is 0 Å². The van der Waals surface area contributed by atoms with Gasteiger partial charge in [0.2, 0.25) is 0 Å². The molecule has 1 heterocycles. The second kappa shape index (κ2) is 6.05. The molecule has 0 saturated heterocycles. The number of hydrogen-bond acceptors (Lipinski definition) is 4. The maximum absolute atomic E-state index is 5.21. The molecular formula is C9H16N2OS. The van der Waals surface area contributed by atoms with Crippen LogP contribution in [0.1, 0.15) is 18.5 Å². The number of aromatic nitrogens is 1. The van der Waals surface area contributed by atoms with Gasteiger partial charge in [-0.1, -0.05) is 11.8 Å². The monoisotopic (exact) mass is 200 g/mol. The molecule has 0 atom stereocenters. The number of nitrogens with one attached hydrogen (secondary N) is 1. The molecule has 74 valence electrons. The normalized spacial score (nSPS) is 10.6. The van der Waals surface area contributed by atoms with Gasteiger partial charge in [-0.3, -0.25) is 0 Å². The summed E-state index contributed by atoms with van der Waals surface area (Å²) in [5, 5.41) is 3.92. The van der Waals surface area contributed by atoms with Crippen molar-refractivity contribution >= 4 is 11.8 Å². The Morgan fingerprint density at radius 1 is 1.54 bits per heavy atom. The zero-order chi connectivity index (χ0) is 9.52. The average molecular weight is 200 g/mol. The molecule has 0 saturated carbocycles. The number of aryl methyl sites for hydroxylation is 1. The van der Waals surface area contributed by atoms with Crippen molar-refractivity contribution in [3.05, 3.63) is 12.0 Å². The van der Waals surface area contributed by atoms with Gasteiger partial charge in [-0.2, -0.15) is 0 Å². The Hall–Kier alpha value is -0.480. The molecule has 0 aliphatic rings. The highest BCUT2D eigenvalue weighted by Gasteiger charge is 1.99. The molecular weight excluding hydrogens is 184 g/mol. The van der Waals surface area contributed by atoms with Crippen LogP contribution in [0.3, 0.4) is 0 Å². The maximum Gasteiger partial charge on any atom is 0.255 e. The van der Waals surface area contributed by atoms with Gasteiger partial charge in [0, 0.05) is 5.75 Å². The van der Waals surface area contributed by atoms with E-state index in [-0.39, 0.29) is 0 Å². The summed E-state index contributed by atoms with van der Waals surface area (Å²) in [5.41, 5.74) is 0.956. The molecule has 0 unspecified atom stereocenters. The molecule has 0 bridgehead atoms. The SMILES string of the molecule is CNCCCCSc1nc(C)co1. The van der Waals surface area contributed by atoms with Crippen molar-refractivity contribution in [3.63, 3.8) is 0 Å². The van der Waals surface area contributed by atoms with Crippen molar-refractivity contribution in [1.29, 1.82) is 0 Å². The number of nitrogens with zero attached hydrogens (tertiary/aromatic N) is 1. The Morgan fingerprint density at radius 2 is 2.38 bits per heavy atom. The van der Waals surface area contributed by atoms with Gasteiger partial charge in [-0.15, -0.1) is 0 Å². The molecule has 0 spiro atoms. The van der Waals surface area contributed by atoms with Crippen LogP contribution in [0.4, 0.5) is 0 Å². The van der Waals surface area contributed by atoms with E-state index in [4.69, 9.17) is 4.42 Å². The molecule has 0 aliphatic carbocycles. The van der Waals surface area contributed by atoms with Gasteiger partial charge in [0.05, 0.1) is 5.69 Å². The van der Waals surface area contributed by atoms with Crippen LogP contribution in [0.15, 0.2) is 15.9 Å². The number of hydrogen-bond donors (Lipinski definition) is 1. The van der Waals surface area contributed by atoms with E-state index in [1.807, 2.05) is 14.0 Å². The van der Waals surface area contributed by atoms with E-state index >= 15 is 0 Å². The van der Waals surface area contributed by atoms with Gasteiger partial charge in [-0.05, 0) is 33.4 Å². The minimum absolute atomic E-state index is 0.793. The molecule has 13 heavy (non-hydrogen) atoms. The zero-order valence-corrected chi connectivity index (χ0v) is 8.99. The highest BCUT2D eigenvalue weighted by Crippen LogP contribution is 2.17. The lowest BCUT2D eigenvalue weighted by molar-refractivity contribution is 0.454. The number of oxazole rings is 1. The van der Waals surface area contributed by atoms with E-state index in [0.717, 1.165) is 23.2 Å². The lowest BCUT2D eigenvalue weighted by Crippen LogP contribution is -2.07. The van der Waals surface area contributed by atoms with Crippen molar-refractivity contribution in [2.24, 2.45) is 0 Å². The molecule has 0 amide bonds. The first-order chi connectivity index (χ1) is 6.33. The molecule has 1 aromatic rings. The molecule has 0 radical (unpaired) electrons. The van der Waals surface area contributed by atoms with Crippen LogP contribution in [0, 0.1) is 6.92 Å². The molecule has 1 N–H and O–H groups in total. The molecule has 3 nitrogen and oxygen atoms in total. The summed E-state index contributed by atoms with van der Waals surface area (Å²) < 4.78 is 5.21. The second-order valence-corrected chi connectivity index (χ2v) is 3.96.